The van der Waals surface area contributed by atoms with Crippen LogP contribution in [0, 0.1) is 30.1 Å². The summed E-state index contributed by atoms with van der Waals surface area (Å²) < 4.78 is 0. The van der Waals surface area contributed by atoms with Crippen molar-refractivity contribution >= 4 is 5.69 Å². The van der Waals surface area contributed by atoms with Crippen molar-refractivity contribution in [2.45, 2.75) is 27.2 Å². The number of rotatable bonds is 1. The Morgan fingerprint density at radius 3 is 2.71 bits per heavy atom. The molecule has 1 saturated heterocycles. The lowest BCUT2D eigenvalue weighted by Crippen LogP contribution is -2.39. The van der Waals surface area contributed by atoms with E-state index in [1.54, 1.807) is 0 Å². The molecular formula is C15H20N2. The van der Waals surface area contributed by atoms with Crippen LogP contribution in [-0.4, -0.2) is 13.1 Å². The van der Waals surface area contributed by atoms with Crippen LogP contribution in [0.3, 0.4) is 0 Å². The van der Waals surface area contributed by atoms with Crippen LogP contribution in [0.15, 0.2) is 18.2 Å². The Morgan fingerprint density at radius 2 is 2.06 bits per heavy atom. The van der Waals surface area contributed by atoms with Crippen LogP contribution in [0.5, 0.6) is 0 Å². The molecule has 0 amide bonds. The summed E-state index contributed by atoms with van der Waals surface area (Å²) in [4.78, 5) is 2.39. The highest BCUT2D eigenvalue weighted by molar-refractivity contribution is 5.64. The van der Waals surface area contributed by atoms with Gasteiger partial charge in [-0.05, 0) is 36.8 Å². The quantitative estimate of drug-likeness (QED) is 0.737. The Kier molecular flexibility index (Phi) is 3.38. The highest BCUT2D eigenvalue weighted by Gasteiger charge is 2.24. The van der Waals surface area contributed by atoms with Gasteiger partial charge >= 0.3 is 0 Å². The molecule has 1 heterocycles. The lowest BCUT2D eigenvalue weighted by Gasteiger charge is -2.38. The van der Waals surface area contributed by atoms with Gasteiger partial charge in [-0.1, -0.05) is 26.0 Å². The van der Waals surface area contributed by atoms with Crippen LogP contribution in [0.25, 0.3) is 0 Å². The summed E-state index contributed by atoms with van der Waals surface area (Å²) >= 11 is 0. The largest absolute Gasteiger partial charge is 0.370 e. The van der Waals surface area contributed by atoms with Crippen molar-refractivity contribution < 1.29 is 0 Å². The Hall–Kier alpha value is -1.49. The van der Waals surface area contributed by atoms with Gasteiger partial charge in [0.15, 0.2) is 0 Å². The average Bonchev–Trinajstić information content (AvgIpc) is 2.32. The minimum Gasteiger partial charge on any atom is -0.370 e. The van der Waals surface area contributed by atoms with E-state index in [1.807, 2.05) is 12.1 Å². The molecule has 1 aromatic rings. The van der Waals surface area contributed by atoms with E-state index in [4.69, 9.17) is 0 Å². The third kappa shape index (κ3) is 2.29. The molecule has 17 heavy (non-hydrogen) atoms. The van der Waals surface area contributed by atoms with Crippen LogP contribution in [-0.2, 0) is 0 Å². The number of benzene rings is 1. The van der Waals surface area contributed by atoms with Gasteiger partial charge in [0.05, 0.1) is 11.3 Å². The number of hydrogen-bond donors (Lipinski definition) is 0. The molecule has 2 heteroatoms. The molecule has 0 radical (unpaired) electrons. The number of piperidine rings is 1. The van der Waals surface area contributed by atoms with Gasteiger partial charge in [0.1, 0.15) is 6.07 Å². The van der Waals surface area contributed by atoms with Crippen molar-refractivity contribution in [2.24, 2.45) is 11.8 Å². The van der Waals surface area contributed by atoms with Crippen LogP contribution < -0.4 is 4.90 Å². The van der Waals surface area contributed by atoms with E-state index in [-0.39, 0.29) is 0 Å². The number of aryl methyl sites for hydroxylation is 1. The first-order valence-corrected chi connectivity index (χ1v) is 6.38. The maximum absolute atomic E-state index is 9.21. The van der Waals surface area contributed by atoms with E-state index in [0.29, 0.717) is 5.92 Å². The second kappa shape index (κ2) is 4.79. The maximum Gasteiger partial charge on any atom is 0.101 e. The minimum atomic E-state index is 0.704. The summed E-state index contributed by atoms with van der Waals surface area (Å²) in [5, 5.41) is 9.21. The lowest BCUT2D eigenvalue weighted by molar-refractivity contribution is 0.323. The molecule has 1 fully saturated rings. The fraction of sp³-hybridized carbons (Fsp3) is 0.533. The van der Waals surface area contributed by atoms with E-state index >= 15 is 0 Å². The van der Waals surface area contributed by atoms with Gasteiger partial charge in [0.2, 0.25) is 0 Å². The summed E-state index contributed by atoms with van der Waals surface area (Å²) in [6.45, 7) is 8.87. The standard InChI is InChI=1S/C15H20N2/c1-11-7-8-17(10-13(11)3)15-12(2)5-4-6-14(15)9-16/h4-6,11,13H,7-8,10H2,1-3H3. The average molecular weight is 228 g/mol. The van der Waals surface area contributed by atoms with E-state index in [9.17, 15) is 5.26 Å². The zero-order chi connectivity index (χ0) is 12.4. The van der Waals surface area contributed by atoms with Crippen molar-refractivity contribution in [3.8, 4) is 6.07 Å². The number of anilines is 1. The van der Waals surface area contributed by atoms with Crippen molar-refractivity contribution in [1.29, 1.82) is 5.26 Å². The molecule has 0 saturated carbocycles. The summed E-state index contributed by atoms with van der Waals surface area (Å²) in [5.41, 5.74) is 3.17. The lowest BCUT2D eigenvalue weighted by atomic mass is 9.88. The third-order valence-electron chi connectivity index (χ3n) is 4.01. The Bertz CT molecular complexity index is 445. The molecule has 0 aliphatic carbocycles. The first kappa shape index (κ1) is 12.0. The van der Waals surface area contributed by atoms with Gasteiger partial charge in [-0.15, -0.1) is 0 Å². The molecule has 1 aromatic carbocycles. The van der Waals surface area contributed by atoms with Gasteiger partial charge in [-0.2, -0.15) is 5.26 Å². The summed E-state index contributed by atoms with van der Waals surface area (Å²) in [6.07, 6.45) is 1.22. The van der Waals surface area contributed by atoms with Gasteiger partial charge in [0.25, 0.3) is 0 Å². The zero-order valence-electron chi connectivity index (χ0n) is 10.9. The molecule has 1 aliphatic heterocycles. The normalized spacial score (nSPS) is 24.5. The van der Waals surface area contributed by atoms with Crippen LogP contribution >= 0.6 is 0 Å². The molecule has 2 unspecified atom stereocenters. The number of nitriles is 1. The van der Waals surface area contributed by atoms with Gasteiger partial charge in [0, 0.05) is 13.1 Å². The fourth-order valence-corrected chi connectivity index (χ4v) is 2.63. The van der Waals surface area contributed by atoms with Gasteiger partial charge in [-0.25, -0.2) is 0 Å². The fourth-order valence-electron chi connectivity index (χ4n) is 2.63. The molecule has 1 aliphatic rings. The topological polar surface area (TPSA) is 27.0 Å². The molecule has 0 N–H and O–H groups in total. The van der Waals surface area contributed by atoms with Crippen molar-refractivity contribution in [3.63, 3.8) is 0 Å². The molecule has 0 bridgehead atoms. The maximum atomic E-state index is 9.21. The summed E-state index contributed by atoms with van der Waals surface area (Å²) in [7, 11) is 0. The Morgan fingerprint density at radius 1 is 1.29 bits per heavy atom. The third-order valence-corrected chi connectivity index (χ3v) is 4.01. The first-order valence-electron chi connectivity index (χ1n) is 6.38. The SMILES string of the molecule is Cc1cccc(C#N)c1N1CCC(C)C(C)C1. The van der Waals surface area contributed by atoms with Gasteiger partial charge < -0.3 is 4.90 Å². The molecule has 90 valence electrons. The van der Waals surface area contributed by atoms with Crippen LogP contribution in [0.1, 0.15) is 31.4 Å². The van der Waals surface area contributed by atoms with E-state index in [0.717, 1.165) is 30.3 Å². The monoisotopic (exact) mass is 228 g/mol. The molecule has 2 nitrogen and oxygen atoms in total. The predicted octanol–water partition coefficient (Wildman–Crippen LogP) is 3.35. The number of para-hydroxylation sites is 1. The summed E-state index contributed by atoms with van der Waals surface area (Å²) in [5.74, 6) is 1.50. The minimum absolute atomic E-state index is 0.704. The Balaban J connectivity index is 2.32. The highest BCUT2D eigenvalue weighted by Crippen LogP contribution is 2.31. The smallest absolute Gasteiger partial charge is 0.101 e. The molecule has 0 aromatic heterocycles. The van der Waals surface area contributed by atoms with Crippen molar-refractivity contribution in [3.05, 3.63) is 29.3 Å². The van der Waals surface area contributed by atoms with Gasteiger partial charge in [-0.3, -0.25) is 0 Å². The molecule has 2 rings (SSSR count). The Labute approximate surface area is 104 Å². The molecular weight excluding hydrogens is 208 g/mol. The molecule has 0 spiro atoms. The van der Waals surface area contributed by atoms with E-state index in [2.05, 4.69) is 37.8 Å². The van der Waals surface area contributed by atoms with Crippen LogP contribution in [0.4, 0.5) is 5.69 Å². The second-order valence-corrected chi connectivity index (χ2v) is 5.27. The van der Waals surface area contributed by atoms with Crippen LogP contribution in [0.2, 0.25) is 0 Å². The van der Waals surface area contributed by atoms with E-state index in [1.165, 1.54) is 12.0 Å². The van der Waals surface area contributed by atoms with Crippen molar-refractivity contribution in [2.75, 3.05) is 18.0 Å². The van der Waals surface area contributed by atoms with E-state index < -0.39 is 0 Å². The highest BCUT2D eigenvalue weighted by atomic mass is 15.1. The zero-order valence-corrected chi connectivity index (χ0v) is 10.9. The number of hydrogen-bond acceptors (Lipinski definition) is 2. The van der Waals surface area contributed by atoms with Crippen molar-refractivity contribution in [1.82, 2.24) is 0 Å². The predicted molar refractivity (Wildman–Crippen MR) is 71.1 cm³/mol. The number of nitrogens with zero attached hydrogens (tertiary/aromatic N) is 2. The second-order valence-electron chi connectivity index (χ2n) is 5.27. The summed E-state index contributed by atoms with van der Waals surface area (Å²) in [6, 6.07) is 8.30. The first-order chi connectivity index (χ1) is 8.13. The molecule has 2 atom stereocenters.